The van der Waals surface area contributed by atoms with Gasteiger partial charge in [0.15, 0.2) is 9.47 Å². The predicted octanol–water partition coefficient (Wildman–Crippen LogP) is 1.25. The molecule has 0 saturated carbocycles. The molecule has 0 aromatic carbocycles. The first kappa shape index (κ1) is 25.6. The number of carbonyl (C=O) groups is 3. The molecule has 2 aromatic heterocycles. The fourth-order valence-corrected chi connectivity index (χ4v) is 7.55. The van der Waals surface area contributed by atoms with Gasteiger partial charge in [-0.25, -0.2) is 4.79 Å². The van der Waals surface area contributed by atoms with Gasteiger partial charge in [-0.05, 0) is 31.4 Å². The van der Waals surface area contributed by atoms with E-state index >= 15 is 0 Å². The molecule has 1 saturated heterocycles. The Hall–Kier alpha value is -3.02. The average molecular weight is 581 g/mol. The number of aliphatic carboxylic acids is 1. The SMILES string of the molecule is Cc1nnc(SCC2=C(C(=O)O)N3C(=O)C(NC(=O)C(=NOC4C=CCC4)c4nsc(N)n4)[C@H]3SC2)s1. The predicted molar refractivity (Wildman–Crippen MR) is 139 cm³/mol. The van der Waals surface area contributed by atoms with Crippen LogP contribution in [-0.2, 0) is 19.2 Å². The van der Waals surface area contributed by atoms with Crippen LogP contribution in [0.5, 0.6) is 0 Å². The van der Waals surface area contributed by atoms with Crippen LogP contribution in [0, 0.1) is 6.92 Å². The zero-order valence-corrected chi connectivity index (χ0v) is 22.5. The van der Waals surface area contributed by atoms with E-state index in [-0.39, 0.29) is 28.5 Å². The topological polar surface area (TPSA) is 186 Å². The molecule has 37 heavy (non-hydrogen) atoms. The monoisotopic (exact) mass is 580 g/mol. The number of hydrogen-bond donors (Lipinski definition) is 3. The highest BCUT2D eigenvalue weighted by molar-refractivity contribution is 8.01. The van der Waals surface area contributed by atoms with Gasteiger partial charge in [-0.15, -0.1) is 22.0 Å². The number of nitrogen functional groups attached to an aromatic ring is 1. The number of β-lactam (4-membered cyclic amide) rings is 1. The van der Waals surface area contributed by atoms with Gasteiger partial charge in [0.05, 0.1) is 0 Å². The minimum atomic E-state index is -1.20. The summed E-state index contributed by atoms with van der Waals surface area (Å²) in [6.45, 7) is 1.84. The van der Waals surface area contributed by atoms with E-state index in [0.717, 1.165) is 33.7 Å². The molecule has 194 valence electrons. The first-order valence-electron chi connectivity index (χ1n) is 11.0. The number of nitrogens with one attached hydrogen (secondary N) is 1. The van der Waals surface area contributed by atoms with Crippen LogP contribution in [0.15, 0.2) is 32.9 Å². The smallest absolute Gasteiger partial charge is 0.352 e. The second-order valence-electron chi connectivity index (χ2n) is 8.04. The lowest BCUT2D eigenvalue weighted by atomic mass is 10.0. The summed E-state index contributed by atoms with van der Waals surface area (Å²) in [4.78, 5) is 49.0. The molecule has 0 radical (unpaired) electrons. The van der Waals surface area contributed by atoms with Crippen molar-refractivity contribution in [3.63, 3.8) is 0 Å². The van der Waals surface area contributed by atoms with E-state index in [1.807, 2.05) is 19.1 Å². The molecule has 17 heteroatoms. The number of anilines is 1. The van der Waals surface area contributed by atoms with Gasteiger partial charge in [0.2, 0.25) is 11.5 Å². The van der Waals surface area contributed by atoms with Gasteiger partial charge in [-0.1, -0.05) is 34.3 Å². The van der Waals surface area contributed by atoms with Crippen LogP contribution in [0.1, 0.15) is 23.7 Å². The Labute approximate surface area is 226 Å². The third-order valence-electron chi connectivity index (χ3n) is 5.53. The van der Waals surface area contributed by atoms with Crippen molar-refractivity contribution in [1.29, 1.82) is 0 Å². The summed E-state index contributed by atoms with van der Waals surface area (Å²) in [7, 11) is 0. The van der Waals surface area contributed by atoms with Crippen molar-refractivity contribution in [3.8, 4) is 0 Å². The molecule has 2 unspecified atom stereocenters. The summed E-state index contributed by atoms with van der Waals surface area (Å²) in [5.41, 5.74) is 6.01. The lowest BCUT2D eigenvalue weighted by Crippen LogP contribution is -2.71. The Balaban J connectivity index is 1.30. The van der Waals surface area contributed by atoms with Gasteiger partial charge < -0.3 is 21.0 Å². The van der Waals surface area contributed by atoms with Crippen LogP contribution in [0.4, 0.5) is 5.13 Å². The zero-order chi connectivity index (χ0) is 26.1. The first-order chi connectivity index (χ1) is 17.8. The van der Waals surface area contributed by atoms with Gasteiger partial charge in [-0.3, -0.25) is 14.5 Å². The normalized spacial score (nSPS) is 23.2. The number of nitrogens with zero attached hydrogens (tertiary/aromatic N) is 6. The largest absolute Gasteiger partial charge is 0.477 e. The minimum absolute atomic E-state index is 0.0146. The second kappa shape index (κ2) is 10.8. The second-order valence-corrected chi connectivity index (χ2v) is 12.3. The van der Waals surface area contributed by atoms with Crippen LogP contribution < -0.4 is 11.1 Å². The lowest BCUT2D eigenvalue weighted by Gasteiger charge is -2.49. The third-order valence-corrected chi connectivity index (χ3v) is 9.47. The molecule has 3 aliphatic rings. The number of carboxylic acids is 1. The van der Waals surface area contributed by atoms with E-state index < -0.39 is 29.2 Å². The highest BCUT2D eigenvalue weighted by Gasteiger charge is 2.54. The molecule has 1 aliphatic carbocycles. The maximum Gasteiger partial charge on any atom is 0.352 e. The van der Waals surface area contributed by atoms with Gasteiger partial charge in [0.1, 0.15) is 28.2 Å². The summed E-state index contributed by atoms with van der Waals surface area (Å²) in [6.07, 6.45) is 5.09. The van der Waals surface area contributed by atoms with Crippen LogP contribution in [0.3, 0.4) is 0 Å². The van der Waals surface area contributed by atoms with Gasteiger partial charge in [0, 0.05) is 23.0 Å². The Morgan fingerprint density at radius 2 is 2.24 bits per heavy atom. The van der Waals surface area contributed by atoms with E-state index in [9.17, 15) is 19.5 Å². The summed E-state index contributed by atoms with van der Waals surface area (Å²) in [6, 6.07) is -0.945. The van der Waals surface area contributed by atoms with Crippen molar-refractivity contribution in [2.45, 2.75) is 41.6 Å². The number of aryl methyl sites for hydroxylation is 1. The molecule has 0 spiro atoms. The van der Waals surface area contributed by atoms with Crippen molar-refractivity contribution in [3.05, 3.63) is 34.3 Å². The minimum Gasteiger partial charge on any atom is -0.477 e. The average Bonchev–Trinajstić information content (AvgIpc) is 3.64. The number of rotatable bonds is 9. The molecule has 4 heterocycles. The molecule has 2 amide bonds. The van der Waals surface area contributed by atoms with E-state index in [0.29, 0.717) is 17.1 Å². The quantitative estimate of drug-likeness (QED) is 0.127. The number of amides is 2. The molecule has 3 atom stereocenters. The summed E-state index contributed by atoms with van der Waals surface area (Å²) < 4.78 is 4.77. The molecule has 5 rings (SSSR count). The highest BCUT2D eigenvalue weighted by atomic mass is 32.2. The van der Waals surface area contributed by atoms with E-state index in [1.54, 1.807) is 0 Å². The number of hydrogen-bond acceptors (Lipinski definition) is 14. The molecule has 2 aromatic rings. The van der Waals surface area contributed by atoms with Crippen LogP contribution in [-0.4, -0.2) is 82.1 Å². The Bertz CT molecular complexity index is 1340. The van der Waals surface area contributed by atoms with Crippen molar-refractivity contribution in [2.75, 3.05) is 17.2 Å². The number of carbonyl (C=O) groups excluding carboxylic acids is 2. The van der Waals surface area contributed by atoms with E-state index in [4.69, 9.17) is 10.6 Å². The fourth-order valence-electron chi connectivity index (χ4n) is 3.82. The molecule has 13 nitrogen and oxygen atoms in total. The highest BCUT2D eigenvalue weighted by Crippen LogP contribution is 2.41. The number of thioether (sulfide) groups is 2. The first-order valence-corrected chi connectivity index (χ1v) is 14.6. The van der Waals surface area contributed by atoms with Gasteiger partial charge in [0.25, 0.3) is 11.8 Å². The van der Waals surface area contributed by atoms with Crippen molar-refractivity contribution < 1.29 is 24.3 Å². The number of nitrogens with two attached hydrogens (primary N) is 1. The molecular weight excluding hydrogens is 561 g/mol. The zero-order valence-electron chi connectivity index (χ0n) is 19.2. The lowest BCUT2D eigenvalue weighted by molar-refractivity contribution is -0.150. The van der Waals surface area contributed by atoms with Crippen molar-refractivity contribution >= 4 is 75.0 Å². The third kappa shape index (κ3) is 5.34. The standard InChI is InChI=1S/C20H20N8O5S4/c1-8-24-25-20(36-8)35-7-9-6-34-17-12(16(30)28(17)13(9)18(31)32)22-15(29)11(14-23-19(21)37-27-14)26-33-10-4-2-3-5-10/h2,4,10,12,17H,3,5-7H2,1H3,(H,22,29)(H,31,32)(H2,21,23,27)/t10?,12?,17-/m1/s1. The van der Waals surface area contributed by atoms with Crippen LogP contribution >= 0.6 is 46.4 Å². The van der Waals surface area contributed by atoms with Gasteiger partial charge >= 0.3 is 5.97 Å². The Morgan fingerprint density at radius 1 is 1.41 bits per heavy atom. The summed E-state index contributed by atoms with van der Waals surface area (Å²) >= 11 is 5.07. The Kier molecular flexibility index (Phi) is 7.45. The Morgan fingerprint density at radius 3 is 2.89 bits per heavy atom. The maximum absolute atomic E-state index is 13.1. The fraction of sp³-hybridized carbons (Fsp3) is 0.400. The molecule has 2 aliphatic heterocycles. The number of oxime groups is 1. The maximum atomic E-state index is 13.1. The van der Waals surface area contributed by atoms with Crippen LogP contribution in [0.25, 0.3) is 0 Å². The van der Waals surface area contributed by atoms with Crippen molar-refractivity contribution in [1.82, 2.24) is 29.8 Å². The molecular formula is C20H20N8O5S4. The molecule has 1 fully saturated rings. The molecule has 0 bridgehead atoms. The number of fused-ring (bicyclic) bond motifs is 1. The summed E-state index contributed by atoms with van der Waals surface area (Å²) in [5.74, 6) is -1.71. The van der Waals surface area contributed by atoms with E-state index in [1.165, 1.54) is 39.8 Å². The van der Waals surface area contributed by atoms with Crippen LogP contribution in [0.2, 0.25) is 0 Å². The number of aromatic nitrogens is 4. The molecule has 4 N–H and O–H groups in total. The van der Waals surface area contributed by atoms with Crippen molar-refractivity contribution in [2.24, 2.45) is 5.16 Å². The summed E-state index contributed by atoms with van der Waals surface area (Å²) in [5, 5.41) is 24.9. The number of carboxylic acid groups (broad SMARTS) is 1. The van der Waals surface area contributed by atoms with Gasteiger partial charge in [-0.2, -0.15) is 9.36 Å². The number of allylic oxidation sites excluding steroid dienone is 1. The van der Waals surface area contributed by atoms with E-state index in [2.05, 4.69) is 30.0 Å².